The zero-order chi connectivity index (χ0) is 17.4. The van der Waals surface area contributed by atoms with E-state index in [1.165, 1.54) is 12.1 Å². The number of hydrogen-bond donors (Lipinski definition) is 0. The molecule has 0 bridgehead atoms. The van der Waals surface area contributed by atoms with E-state index in [0.717, 1.165) is 5.56 Å². The summed E-state index contributed by atoms with van der Waals surface area (Å²) in [5.41, 5.74) is 1.47. The van der Waals surface area contributed by atoms with Gasteiger partial charge in [0.25, 0.3) is 0 Å². The highest BCUT2D eigenvalue weighted by atomic mass is 35.5. The Morgan fingerprint density at radius 2 is 2.00 bits per heavy atom. The molecule has 0 spiro atoms. The highest BCUT2D eigenvalue weighted by Crippen LogP contribution is 2.42. The highest BCUT2D eigenvalue weighted by molar-refractivity contribution is 6.31. The molecule has 4 nitrogen and oxygen atoms in total. The van der Waals surface area contributed by atoms with Crippen molar-refractivity contribution in [1.82, 2.24) is 10.1 Å². The molecule has 2 heterocycles. The Labute approximate surface area is 153 Å². The van der Waals surface area contributed by atoms with E-state index in [9.17, 15) is 4.39 Å². The summed E-state index contributed by atoms with van der Waals surface area (Å²) in [7, 11) is 0. The average Bonchev–Trinajstić information content (AvgIpc) is 3.26. The highest BCUT2D eigenvalue weighted by Gasteiger charge is 2.35. The molecule has 1 aliphatic rings. The molecule has 0 unspecified atom stereocenters. The lowest BCUT2D eigenvalue weighted by atomic mass is 9.95. The summed E-state index contributed by atoms with van der Waals surface area (Å²) in [6, 6.07) is 11.9. The van der Waals surface area contributed by atoms with Crippen LogP contribution in [0.1, 0.15) is 29.9 Å². The first-order valence-electron chi connectivity index (χ1n) is 7.78. The minimum Gasteiger partial charge on any atom is -0.373 e. The van der Waals surface area contributed by atoms with Gasteiger partial charge in [0, 0.05) is 17.2 Å². The van der Waals surface area contributed by atoms with E-state index >= 15 is 0 Å². The molecular weight excluding hydrogens is 366 g/mol. The van der Waals surface area contributed by atoms with Crippen molar-refractivity contribution in [2.24, 2.45) is 0 Å². The first kappa shape index (κ1) is 16.5. The zero-order valence-electron chi connectivity index (χ0n) is 13.0. The number of halogens is 3. The Balaban J connectivity index is 1.63. The number of hydrogen-bond acceptors (Lipinski definition) is 4. The van der Waals surface area contributed by atoms with Gasteiger partial charge in [-0.05, 0) is 36.2 Å². The van der Waals surface area contributed by atoms with E-state index < -0.39 is 5.82 Å². The molecule has 1 fully saturated rings. The molecule has 2 aromatic carbocycles. The molecule has 4 rings (SSSR count). The number of nitrogens with zero attached hydrogens (tertiary/aromatic N) is 2. The van der Waals surface area contributed by atoms with E-state index in [0.29, 0.717) is 35.3 Å². The first-order chi connectivity index (χ1) is 12.1. The van der Waals surface area contributed by atoms with Gasteiger partial charge in [-0.3, -0.25) is 0 Å². The second-order valence-corrected chi connectivity index (χ2v) is 6.67. The number of ether oxygens (including phenoxy) is 1. The maximum absolute atomic E-state index is 13.8. The van der Waals surface area contributed by atoms with Crippen molar-refractivity contribution in [2.75, 3.05) is 6.61 Å². The van der Waals surface area contributed by atoms with E-state index in [1.54, 1.807) is 18.2 Å². The van der Waals surface area contributed by atoms with Crippen LogP contribution in [-0.4, -0.2) is 16.7 Å². The molecule has 0 N–H and O–H groups in total. The number of rotatable bonds is 3. The fraction of sp³-hybridized carbons (Fsp3) is 0.222. The van der Waals surface area contributed by atoms with Gasteiger partial charge in [0.15, 0.2) is 0 Å². The molecule has 0 saturated carbocycles. The van der Waals surface area contributed by atoms with Gasteiger partial charge in [-0.25, -0.2) is 4.39 Å². The van der Waals surface area contributed by atoms with Crippen LogP contribution in [0, 0.1) is 5.82 Å². The van der Waals surface area contributed by atoms with Crippen molar-refractivity contribution in [3.8, 4) is 11.4 Å². The second kappa shape index (κ2) is 6.75. The molecule has 128 valence electrons. The maximum Gasteiger partial charge on any atom is 0.233 e. The van der Waals surface area contributed by atoms with Crippen molar-refractivity contribution in [1.29, 1.82) is 0 Å². The van der Waals surface area contributed by atoms with Crippen molar-refractivity contribution in [3.05, 3.63) is 69.8 Å². The fourth-order valence-electron chi connectivity index (χ4n) is 2.99. The van der Waals surface area contributed by atoms with Crippen LogP contribution in [-0.2, 0) is 4.74 Å². The van der Waals surface area contributed by atoms with Crippen LogP contribution >= 0.6 is 23.2 Å². The van der Waals surface area contributed by atoms with Gasteiger partial charge in [0.2, 0.25) is 11.7 Å². The van der Waals surface area contributed by atoms with Crippen LogP contribution in [0.3, 0.4) is 0 Å². The van der Waals surface area contributed by atoms with Crippen LogP contribution in [0.5, 0.6) is 0 Å². The summed E-state index contributed by atoms with van der Waals surface area (Å²) in [6.45, 7) is 0.536. The van der Waals surface area contributed by atoms with Crippen LogP contribution in [0.2, 0.25) is 10.0 Å². The van der Waals surface area contributed by atoms with E-state index in [4.69, 9.17) is 32.5 Å². The van der Waals surface area contributed by atoms with Crippen molar-refractivity contribution < 1.29 is 13.7 Å². The second-order valence-electron chi connectivity index (χ2n) is 5.83. The van der Waals surface area contributed by atoms with Crippen LogP contribution in [0.4, 0.5) is 4.39 Å². The minimum absolute atomic E-state index is 0.0827. The van der Waals surface area contributed by atoms with E-state index in [1.807, 2.05) is 12.1 Å². The molecule has 3 aromatic rings. The third kappa shape index (κ3) is 3.27. The molecule has 0 amide bonds. The molecule has 2 atom stereocenters. The minimum atomic E-state index is -0.474. The molecule has 0 radical (unpaired) electrons. The van der Waals surface area contributed by atoms with Gasteiger partial charge in [-0.2, -0.15) is 4.98 Å². The van der Waals surface area contributed by atoms with E-state index in [2.05, 4.69) is 10.1 Å². The monoisotopic (exact) mass is 378 g/mol. The van der Waals surface area contributed by atoms with Gasteiger partial charge < -0.3 is 9.26 Å². The zero-order valence-corrected chi connectivity index (χ0v) is 14.5. The Hall–Kier alpha value is -1.95. The molecular formula is C18H13Cl2FN2O2. The Kier molecular flexibility index (Phi) is 4.46. The van der Waals surface area contributed by atoms with Crippen molar-refractivity contribution in [3.63, 3.8) is 0 Å². The quantitative estimate of drug-likeness (QED) is 0.609. The molecule has 1 saturated heterocycles. The Morgan fingerprint density at radius 3 is 2.80 bits per heavy atom. The summed E-state index contributed by atoms with van der Waals surface area (Å²) >= 11 is 11.8. The maximum atomic E-state index is 13.8. The number of benzene rings is 2. The molecule has 1 aromatic heterocycles. The lowest BCUT2D eigenvalue weighted by Gasteiger charge is -2.16. The van der Waals surface area contributed by atoms with Gasteiger partial charge in [0.1, 0.15) is 5.82 Å². The summed E-state index contributed by atoms with van der Waals surface area (Å²) in [5.74, 6) is 0.317. The van der Waals surface area contributed by atoms with Crippen LogP contribution in [0.15, 0.2) is 47.0 Å². The van der Waals surface area contributed by atoms with Crippen LogP contribution < -0.4 is 0 Å². The average molecular weight is 379 g/mol. The van der Waals surface area contributed by atoms with Gasteiger partial charge >= 0.3 is 0 Å². The summed E-state index contributed by atoms with van der Waals surface area (Å²) in [5, 5.41) is 4.72. The smallest absolute Gasteiger partial charge is 0.233 e. The first-order valence-corrected chi connectivity index (χ1v) is 8.53. The molecule has 1 aliphatic heterocycles. The van der Waals surface area contributed by atoms with Crippen LogP contribution in [0.25, 0.3) is 11.4 Å². The van der Waals surface area contributed by atoms with Gasteiger partial charge in [-0.15, -0.1) is 0 Å². The lowest BCUT2D eigenvalue weighted by molar-refractivity contribution is 0.0984. The van der Waals surface area contributed by atoms with Crippen molar-refractivity contribution >= 4 is 23.2 Å². The Morgan fingerprint density at radius 1 is 1.12 bits per heavy atom. The third-order valence-electron chi connectivity index (χ3n) is 4.21. The summed E-state index contributed by atoms with van der Waals surface area (Å²) in [4.78, 5) is 4.48. The molecule has 7 heteroatoms. The number of aromatic nitrogens is 2. The van der Waals surface area contributed by atoms with E-state index in [-0.39, 0.29) is 17.0 Å². The molecule has 25 heavy (non-hydrogen) atoms. The van der Waals surface area contributed by atoms with Gasteiger partial charge in [-0.1, -0.05) is 46.6 Å². The predicted molar refractivity (Wildman–Crippen MR) is 92.2 cm³/mol. The summed E-state index contributed by atoms with van der Waals surface area (Å²) < 4.78 is 25.0. The predicted octanol–water partition coefficient (Wildman–Crippen LogP) is 5.43. The fourth-order valence-corrected chi connectivity index (χ4v) is 3.30. The standard InChI is InChI=1S/C18H13Cl2FN2O2/c19-12-3-1-2-11(8-12)17-22-18(25-23-17)13-6-7-24-16(13)10-4-5-14(20)15(21)9-10/h1-5,8-9,13,16H,6-7H2/t13-,16-/m0/s1. The summed E-state index contributed by atoms with van der Waals surface area (Å²) in [6.07, 6.45) is 0.367. The molecule has 0 aliphatic carbocycles. The van der Waals surface area contributed by atoms with Crippen molar-refractivity contribution in [2.45, 2.75) is 18.4 Å². The SMILES string of the molecule is Fc1cc([C@@H]2OCC[C@@H]2c2nc(-c3cccc(Cl)c3)no2)ccc1Cl. The normalized spacial score (nSPS) is 20.1. The third-order valence-corrected chi connectivity index (χ3v) is 4.75. The van der Waals surface area contributed by atoms with Gasteiger partial charge in [0.05, 0.1) is 17.0 Å². The topological polar surface area (TPSA) is 48.2 Å². The Bertz CT molecular complexity index is 916. The largest absolute Gasteiger partial charge is 0.373 e. The lowest BCUT2D eigenvalue weighted by Crippen LogP contribution is -2.07.